The molecule has 0 spiro atoms. The number of aromatic nitrogens is 1. The average Bonchev–Trinajstić information content (AvgIpc) is 2.49. The van der Waals surface area contributed by atoms with Gasteiger partial charge in [0.1, 0.15) is 5.69 Å². The number of carbonyl (C=O) groups excluding carboxylic acids is 1. The Morgan fingerprint density at radius 3 is 2.10 bits per heavy atom. The molecule has 21 heavy (non-hydrogen) atoms. The Hall–Kier alpha value is -1.18. The van der Waals surface area contributed by atoms with Crippen molar-refractivity contribution >= 4 is 5.78 Å². The predicted molar refractivity (Wildman–Crippen MR) is 89.8 cm³/mol. The topological polar surface area (TPSA) is 30.0 Å². The molecule has 1 aromatic heterocycles. The van der Waals surface area contributed by atoms with Crippen LogP contribution in [0.3, 0.4) is 0 Å². The third-order valence-corrected chi connectivity index (χ3v) is 4.03. The van der Waals surface area contributed by atoms with E-state index in [1.807, 2.05) is 19.1 Å². The maximum Gasteiger partial charge on any atom is 0.181 e. The first-order valence-corrected chi connectivity index (χ1v) is 8.70. The summed E-state index contributed by atoms with van der Waals surface area (Å²) in [6.45, 7) is 4.21. The Morgan fingerprint density at radius 1 is 0.952 bits per heavy atom. The van der Waals surface area contributed by atoms with E-state index in [0.29, 0.717) is 12.1 Å². The fraction of sp³-hybridized carbons (Fsp3) is 0.684. The number of nitrogens with zero attached hydrogens (tertiary/aromatic N) is 1. The van der Waals surface area contributed by atoms with Crippen molar-refractivity contribution in [2.45, 2.75) is 84.5 Å². The van der Waals surface area contributed by atoms with Crippen LogP contribution in [0.2, 0.25) is 0 Å². The van der Waals surface area contributed by atoms with Gasteiger partial charge in [0, 0.05) is 12.6 Å². The highest BCUT2D eigenvalue weighted by atomic mass is 16.1. The van der Waals surface area contributed by atoms with Gasteiger partial charge in [-0.25, -0.2) is 0 Å². The SMILES string of the molecule is CCCCCCCCCCCCC(=O)c1ncccc1C. The van der Waals surface area contributed by atoms with Gasteiger partial charge in [0.2, 0.25) is 0 Å². The summed E-state index contributed by atoms with van der Waals surface area (Å²) in [6, 6.07) is 3.84. The smallest absolute Gasteiger partial charge is 0.181 e. The van der Waals surface area contributed by atoms with Crippen molar-refractivity contribution in [2.75, 3.05) is 0 Å². The van der Waals surface area contributed by atoms with Crippen LogP contribution in [0.4, 0.5) is 0 Å². The van der Waals surface area contributed by atoms with Crippen LogP contribution in [-0.4, -0.2) is 10.8 Å². The van der Waals surface area contributed by atoms with Gasteiger partial charge >= 0.3 is 0 Å². The van der Waals surface area contributed by atoms with E-state index in [0.717, 1.165) is 12.0 Å². The van der Waals surface area contributed by atoms with E-state index in [1.165, 1.54) is 57.8 Å². The molecule has 0 amide bonds. The molecule has 0 aromatic carbocycles. The molecule has 0 radical (unpaired) electrons. The quantitative estimate of drug-likeness (QED) is 0.355. The lowest BCUT2D eigenvalue weighted by atomic mass is 10.0. The van der Waals surface area contributed by atoms with Crippen molar-refractivity contribution in [3.05, 3.63) is 29.6 Å². The van der Waals surface area contributed by atoms with Crippen LogP contribution in [0.5, 0.6) is 0 Å². The normalized spacial score (nSPS) is 10.8. The summed E-state index contributed by atoms with van der Waals surface area (Å²) in [5.74, 6) is 0.202. The van der Waals surface area contributed by atoms with Gasteiger partial charge in [-0.15, -0.1) is 0 Å². The largest absolute Gasteiger partial charge is 0.292 e. The molecule has 0 aliphatic rings. The van der Waals surface area contributed by atoms with Crippen LogP contribution in [0.15, 0.2) is 18.3 Å². The number of aryl methyl sites for hydroxylation is 1. The zero-order chi connectivity index (χ0) is 15.3. The van der Waals surface area contributed by atoms with E-state index in [-0.39, 0.29) is 5.78 Å². The van der Waals surface area contributed by atoms with Gasteiger partial charge in [-0.3, -0.25) is 9.78 Å². The molecule has 0 atom stereocenters. The highest BCUT2D eigenvalue weighted by Gasteiger charge is 2.09. The molecule has 0 saturated carbocycles. The Morgan fingerprint density at radius 2 is 1.52 bits per heavy atom. The molecule has 118 valence electrons. The molecule has 0 N–H and O–H groups in total. The lowest BCUT2D eigenvalue weighted by Gasteiger charge is -2.04. The number of unbranched alkanes of at least 4 members (excludes halogenated alkanes) is 9. The van der Waals surface area contributed by atoms with E-state index >= 15 is 0 Å². The summed E-state index contributed by atoms with van der Waals surface area (Å²) >= 11 is 0. The first-order chi connectivity index (χ1) is 10.3. The molecule has 2 heteroatoms. The van der Waals surface area contributed by atoms with Crippen molar-refractivity contribution in [3.8, 4) is 0 Å². The van der Waals surface area contributed by atoms with Crippen LogP contribution in [0, 0.1) is 6.92 Å². The number of pyridine rings is 1. The maximum absolute atomic E-state index is 12.0. The average molecular weight is 289 g/mol. The fourth-order valence-corrected chi connectivity index (χ4v) is 2.67. The highest BCUT2D eigenvalue weighted by molar-refractivity contribution is 5.95. The minimum Gasteiger partial charge on any atom is -0.292 e. The molecule has 0 bridgehead atoms. The number of rotatable bonds is 12. The van der Waals surface area contributed by atoms with Gasteiger partial charge in [-0.2, -0.15) is 0 Å². The third-order valence-electron chi connectivity index (χ3n) is 4.03. The summed E-state index contributed by atoms with van der Waals surface area (Å²) < 4.78 is 0. The molecule has 0 saturated heterocycles. The minimum absolute atomic E-state index is 0.202. The monoisotopic (exact) mass is 289 g/mol. The Labute approximate surface area is 130 Å². The Kier molecular flexibility index (Phi) is 9.77. The minimum atomic E-state index is 0.202. The maximum atomic E-state index is 12.0. The highest BCUT2D eigenvalue weighted by Crippen LogP contribution is 2.13. The molecule has 1 rings (SSSR count). The standard InChI is InChI=1S/C19H31NO/c1-3-4-5-6-7-8-9-10-11-12-15-18(21)19-17(2)14-13-16-20-19/h13-14,16H,3-12,15H2,1-2H3. The second kappa shape index (κ2) is 11.5. The Bertz CT molecular complexity index is 400. The summed E-state index contributed by atoms with van der Waals surface area (Å²) in [5.41, 5.74) is 1.66. The summed E-state index contributed by atoms with van der Waals surface area (Å²) in [4.78, 5) is 16.2. The molecular formula is C19H31NO. The van der Waals surface area contributed by atoms with Crippen molar-refractivity contribution in [1.29, 1.82) is 0 Å². The van der Waals surface area contributed by atoms with E-state index in [1.54, 1.807) is 6.20 Å². The number of hydrogen-bond donors (Lipinski definition) is 0. The summed E-state index contributed by atoms with van der Waals surface area (Å²) in [6.07, 6.45) is 15.4. The first-order valence-electron chi connectivity index (χ1n) is 8.70. The number of Topliss-reactive ketones (excluding diaryl/α,β-unsaturated/α-hetero) is 1. The molecule has 0 fully saturated rings. The zero-order valence-corrected chi connectivity index (χ0v) is 13.9. The van der Waals surface area contributed by atoms with Gasteiger partial charge < -0.3 is 0 Å². The number of hydrogen-bond acceptors (Lipinski definition) is 2. The molecule has 1 aromatic rings. The lowest BCUT2D eigenvalue weighted by molar-refractivity contribution is 0.0973. The summed E-state index contributed by atoms with van der Waals surface area (Å²) in [7, 11) is 0. The fourth-order valence-electron chi connectivity index (χ4n) is 2.67. The molecule has 0 aliphatic heterocycles. The van der Waals surface area contributed by atoms with E-state index in [9.17, 15) is 4.79 Å². The van der Waals surface area contributed by atoms with Crippen molar-refractivity contribution in [3.63, 3.8) is 0 Å². The van der Waals surface area contributed by atoms with Crippen molar-refractivity contribution < 1.29 is 4.79 Å². The Balaban J connectivity index is 1.99. The molecule has 0 unspecified atom stereocenters. The molecule has 0 aliphatic carbocycles. The van der Waals surface area contributed by atoms with Crippen LogP contribution in [0.1, 0.15) is 93.6 Å². The molecule has 1 heterocycles. The van der Waals surface area contributed by atoms with Crippen LogP contribution < -0.4 is 0 Å². The lowest BCUT2D eigenvalue weighted by Crippen LogP contribution is -2.04. The first kappa shape index (κ1) is 17.9. The van der Waals surface area contributed by atoms with Gasteiger partial charge in [0.15, 0.2) is 5.78 Å². The second-order valence-corrected chi connectivity index (χ2v) is 6.02. The number of carbonyl (C=O) groups is 1. The molecule has 2 nitrogen and oxygen atoms in total. The predicted octanol–water partition coefficient (Wildman–Crippen LogP) is 5.88. The van der Waals surface area contributed by atoms with E-state index in [4.69, 9.17) is 0 Å². The van der Waals surface area contributed by atoms with Crippen molar-refractivity contribution in [1.82, 2.24) is 4.98 Å². The van der Waals surface area contributed by atoms with Gasteiger partial charge in [0.05, 0.1) is 0 Å². The van der Waals surface area contributed by atoms with Crippen molar-refractivity contribution in [2.24, 2.45) is 0 Å². The third kappa shape index (κ3) is 7.99. The zero-order valence-electron chi connectivity index (χ0n) is 13.9. The van der Waals surface area contributed by atoms with Crippen LogP contribution >= 0.6 is 0 Å². The second-order valence-electron chi connectivity index (χ2n) is 6.02. The van der Waals surface area contributed by atoms with Gasteiger partial charge in [0.25, 0.3) is 0 Å². The number of ketones is 1. The molecular weight excluding hydrogens is 258 g/mol. The summed E-state index contributed by atoms with van der Waals surface area (Å²) in [5, 5.41) is 0. The van der Waals surface area contributed by atoms with Gasteiger partial charge in [-0.1, -0.05) is 70.8 Å². The van der Waals surface area contributed by atoms with E-state index < -0.39 is 0 Å². The van der Waals surface area contributed by atoms with Crippen LogP contribution in [0.25, 0.3) is 0 Å². The van der Waals surface area contributed by atoms with Crippen LogP contribution in [-0.2, 0) is 0 Å². The van der Waals surface area contributed by atoms with Gasteiger partial charge in [-0.05, 0) is 25.0 Å². The van der Waals surface area contributed by atoms with E-state index in [2.05, 4.69) is 11.9 Å².